The Morgan fingerprint density at radius 2 is 2.00 bits per heavy atom. The predicted octanol–water partition coefficient (Wildman–Crippen LogP) is 5.60. The van der Waals surface area contributed by atoms with Gasteiger partial charge in [0.1, 0.15) is 5.75 Å². The van der Waals surface area contributed by atoms with E-state index < -0.39 is 6.61 Å². The van der Waals surface area contributed by atoms with E-state index in [1.807, 2.05) is 31.9 Å². The van der Waals surface area contributed by atoms with Gasteiger partial charge in [0.25, 0.3) is 0 Å². The van der Waals surface area contributed by atoms with Crippen LogP contribution in [0.15, 0.2) is 41.4 Å². The molecule has 1 N–H and O–H groups in total. The third-order valence-electron chi connectivity index (χ3n) is 3.51. The minimum absolute atomic E-state index is 0.0471. The number of anilines is 2. The molecule has 0 bridgehead atoms. The predicted molar refractivity (Wildman–Crippen MR) is 99.0 cm³/mol. The molecule has 0 heterocycles. The van der Waals surface area contributed by atoms with Crippen LogP contribution in [-0.4, -0.2) is 31.4 Å². The molecule has 134 valence electrons. The van der Waals surface area contributed by atoms with E-state index in [9.17, 15) is 8.78 Å². The maximum Gasteiger partial charge on any atom is 0.387 e. The van der Waals surface area contributed by atoms with E-state index in [-0.39, 0.29) is 5.75 Å². The average molecular weight is 368 g/mol. The van der Waals surface area contributed by atoms with Crippen molar-refractivity contribution in [3.8, 4) is 5.75 Å². The lowest BCUT2D eigenvalue weighted by molar-refractivity contribution is -0.0493. The van der Waals surface area contributed by atoms with E-state index in [1.165, 1.54) is 6.07 Å². The van der Waals surface area contributed by atoms with E-state index in [0.717, 1.165) is 12.1 Å². The van der Waals surface area contributed by atoms with E-state index in [1.54, 1.807) is 30.6 Å². The molecule has 25 heavy (non-hydrogen) atoms. The van der Waals surface area contributed by atoms with Gasteiger partial charge in [-0.1, -0.05) is 23.7 Å². The second-order valence-electron chi connectivity index (χ2n) is 5.44. The summed E-state index contributed by atoms with van der Waals surface area (Å²) in [5.41, 5.74) is 2.50. The number of benzene rings is 2. The summed E-state index contributed by atoms with van der Waals surface area (Å²) in [6.07, 6.45) is 1.72. The molecule has 0 radical (unpaired) electrons. The van der Waals surface area contributed by atoms with Crippen LogP contribution in [0.1, 0.15) is 12.5 Å². The molecular formula is C18H20ClF2N3O. The van der Waals surface area contributed by atoms with Gasteiger partial charge in [-0.3, -0.25) is 0 Å². The van der Waals surface area contributed by atoms with Crippen molar-refractivity contribution in [3.05, 3.63) is 47.0 Å². The van der Waals surface area contributed by atoms with Gasteiger partial charge in [-0.2, -0.15) is 8.78 Å². The monoisotopic (exact) mass is 367 g/mol. The lowest BCUT2D eigenvalue weighted by Crippen LogP contribution is -2.14. The summed E-state index contributed by atoms with van der Waals surface area (Å²) in [5.74, 6) is 0.0471. The maximum atomic E-state index is 12.6. The van der Waals surface area contributed by atoms with Crippen LogP contribution in [0.4, 0.5) is 25.8 Å². The zero-order valence-electron chi connectivity index (χ0n) is 14.3. The number of para-hydroxylation sites is 2. The molecule has 7 heteroatoms. The molecule has 0 spiro atoms. The molecule has 4 nitrogen and oxygen atoms in total. The van der Waals surface area contributed by atoms with E-state index in [4.69, 9.17) is 11.6 Å². The maximum absolute atomic E-state index is 12.6. The number of nitrogens with one attached hydrogen (secondary N) is 1. The molecule has 0 aliphatic heterocycles. The summed E-state index contributed by atoms with van der Waals surface area (Å²) >= 11 is 6.35. The minimum Gasteiger partial charge on any atom is -0.433 e. The largest absolute Gasteiger partial charge is 0.433 e. The number of ether oxygens (including phenoxy) is 1. The van der Waals surface area contributed by atoms with Gasteiger partial charge < -0.3 is 15.0 Å². The van der Waals surface area contributed by atoms with Gasteiger partial charge in [-0.15, -0.1) is 0 Å². The highest BCUT2D eigenvalue weighted by Crippen LogP contribution is 2.36. The molecular weight excluding hydrogens is 348 g/mol. The van der Waals surface area contributed by atoms with Crippen LogP contribution >= 0.6 is 11.6 Å². The van der Waals surface area contributed by atoms with Crippen molar-refractivity contribution in [2.24, 2.45) is 4.99 Å². The molecule has 0 atom stereocenters. The van der Waals surface area contributed by atoms with Gasteiger partial charge >= 0.3 is 6.61 Å². The normalized spacial score (nSPS) is 11.2. The van der Waals surface area contributed by atoms with Crippen LogP contribution in [0, 0.1) is 6.92 Å². The highest BCUT2D eigenvalue weighted by Gasteiger charge is 2.12. The fraction of sp³-hybridized carbons (Fsp3) is 0.278. The molecule has 2 aromatic rings. The first-order chi connectivity index (χ1) is 11.9. The summed E-state index contributed by atoms with van der Waals surface area (Å²) in [6, 6.07) is 10.1. The van der Waals surface area contributed by atoms with Gasteiger partial charge in [-0.05, 0) is 43.7 Å². The van der Waals surface area contributed by atoms with Crippen LogP contribution in [-0.2, 0) is 0 Å². The lowest BCUT2D eigenvalue weighted by atomic mass is 10.2. The SMILES string of the molecule is CCN(C)C=Nc1cc(C)c(Cl)c(Nc2ccccc2OC(F)F)c1. The van der Waals surface area contributed by atoms with Crippen molar-refractivity contribution >= 4 is 35.0 Å². The molecule has 0 fully saturated rings. The van der Waals surface area contributed by atoms with Gasteiger partial charge in [0, 0.05) is 13.6 Å². The zero-order chi connectivity index (χ0) is 18.4. The standard InChI is InChI=1S/C18H20ClF2N3O/c1-4-24(3)11-22-13-9-12(2)17(19)15(10-13)23-14-7-5-6-8-16(14)25-18(20)21/h5-11,18,23H,4H2,1-3H3. The number of hydrogen-bond acceptors (Lipinski definition) is 3. The Hall–Kier alpha value is -2.34. The van der Waals surface area contributed by atoms with Crippen LogP contribution < -0.4 is 10.1 Å². The van der Waals surface area contributed by atoms with Crippen LogP contribution in [0.5, 0.6) is 5.75 Å². The van der Waals surface area contributed by atoms with Crippen LogP contribution in [0.3, 0.4) is 0 Å². The molecule has 0 saturated carbocycles. The Morgan fingerprint density at radius 3 is 2.68 bits per heavy atom. The van der Waals surface area contributed by atoms with Crippen LogP contribution in [0.25, 0.3) is 0 Å². The Labute approximate surface area is 151 Å². The first-order valence-electron chi connectivity index (χ1n) is 7.76. The Kier molecular flexibility index (Phi) is 6.58. The highest BCUT2D eigenvalue weighted by atomic mass is 35.5. The van der Waals surface area contributed by atoms with Gasteiger partial charge in [0.15, 0.2) is 0 Å². The van der Waals surface area contributed by atoms with Crippen molar-refractivity contribution in [2.75, 3.05) is 18.9 Å². The number of aliphatic imine (C=N–C) groups is 1. The van der Waals surface area contributed by atoms with Gasteiger partial charge in [0.2, 0.25) is 0 Å². The smallest absolute Gasteiger partial charge is 0.387 e. The Morgan fingerprint density at radius 1 is 1.28 bits per heavy atom. The van der Waals surface area contributed by atoms with E-state index in [0.29, 0.717) is 22.1 Å². The fourth-order valence-corrected chi connectivity index (χ4v) is 2.23. The number of halogens is 3. The third kappa shape index (κ3) is 5.32. The second-order valence-corrected chi connectivity index (χ2v) is 5.82. The fourth-order valence-electron chi connectivity index (χ4n) is 2.08. The van der Waals surface area contributed by atoms with Crippen molar-refractivity contribution in [1.29, 1.82) is 0 Å². The topological polar surface area (TPSA) is 36.9 Å². The summed E-state index contributed by atoms with van der Waals surface area (Å²) in [5, 5.41) is 3.55. The van der Waals surface area contributed by atoms with Crippen molar-refractivity contribution in [2.45, 2.75) is 20.5 Å². The summed E-state index contributed by atoms with van der Waals surface area (Å²) < 4.78 is 29.6. The summed E-state index contributed by atoms with van der Waals surface area (Å²) in [6.45, 7) is 1.81. The number of hydrogen-bond donors (Lipinski definition) is 1. The molecule has 0 aromatic heterocycles. The number of alkyl halides is 2. The number of rotatable bonds is 7. The number of nitrogens with zero attached hydrogens (tertiary/aromatic N) is 2. The minimum atomic E-state index is -2.90. The Balaban J connectivity index is 2.33. The highest BCUT2D eigenvalue weighted by molar-refractivity contribution is 6.34. The second kappa shape index (κ2) is 8.67. The van der Waals surface area contributed by atoms with Crippen molar-refractivity contribution in [1.82, 2.24) is 4.90 Å². The van der Waals surface area contributed by atoms with Crippen LogP contribution in [0.2, 0.25) is 5.02 Å². The quantitative estimate of drug-likeness (QED) is 0.511. The van der Waals surface area contributed by atoms with E-state index in [2.05, 4.69) is 15.0 Å². The van der Waals surface area contributed by atoms with E-state index >= 15 is 0 Å². The molecule has 2 rings (SSSR count). The van der Waals surface area contributed by atoms with Crippen molar-refractivity contribution < 1.29 is 13.5 Å². The first kappa shape index (κ1) is 19.0. The third-order valence-corrected chi connectivity index (χ3v) is 4.02. The number of aryl methyl sites for hydroxylation is 1. The first-order valence-corrected chi connectivity index (χ1v) is 8.14. The van der Waals surface area contributed by atoms with Gasteiger partial charge in [0.05, 0.1) is 28.4 Å². The Bertz CT molecular complexity index is 753. The summed E-state index contributed by atoms with van der Waals surface area (Å²) in [4.78, 5) is 6.34. The molecule has 0 unspecified atom stereocenters. The summed E-state index contributed by atoms with van der Waals surface area (Å²) in [7, 11) is 1.92. The molecule has 2 aromatic carbocycles. The molecule has 0 saturated heterocycles. The molecule has 0 amide bonds. The van der Waals surface area contributed by atoms with Gasteiger partial charge in [-0.25, -0.2) is 4.99 Å². The van der Waals surface area contributed by atoms with Crippen molar-refractivity contribution in [3.63, 3.8) is 0 Å². The molecule has 0 aliphatic carbocycles. The lowest BCUT2D eigenvalue weighted by Gasteiger charge is -2.15. The zero-order valence-corrected chi connectivity index (χ0v) is 15.0. The average Bonchev–Trinajstić information content (AvgIpc) is 2.58. The molecule has 0 aliphatic rings.